The second-order valence-electron chi connectivity index (χ2n) is 5.93. The molecule has 0 radical (unpaired) electrons. The molecule has 2 aromatic heterocycles. The Hall–Kier alpha value is -2.93. The summed E-state index contributed by atoms with van der Waals surface area (Å²) < 4.78 is 5.24. The molecule has 3 rings (SSSR count). The number of aromatic amines is 1. The Morgan fingerprint density at radius 2 is 2.08 bits per heavy atom. The maximum absolute atomic E-state index is 12.2. The molecular formula is C19H19N3O3S. The highest BCUT2D eigenvalue weighted by Gasteiger charge is 2.20. The smallest absolute Gasteiger partial charge is 0.355 e. The molecule has 0 fully saturated rings. The van der Waals surface area contributed by atoms with Crippen LogP contribution in [0.5, 0.6) is 0 Å². The minimum Gasteiger partial charge on any atom is -0.454 e. The van der Waals surface area contributed by atoms with Crippen molar-refractivity contribution in [3.05, 3.63) is 64.4 Å². The highest BCUT2D eigenvalue weighted by atomic mass is 32.1. The van der Waals surface area contributed by atoms with Crippen LogP contribution in [0.3, 0.4) is 0 Å². The molecule has 0 saturated carbocycles. The van der Waals surface area contributed by atoms with Gasteiger partial charge in [0.25, 0.3) is 0 Å². The van der Waals surface area contributed by atoms with E-state index in [1.165, 1.54) is 18.3 Å². The molecule has 3 aromatic rings. The van der Waals surface area contributed by atoms with Crippen LogP contribution in [0.15, 0.2) is 41.9 Å². The third kappa shape index (κ3) is 3.83. The van der Waals surface area contributed by atoms with E-state index >= 15 is 0 Å². The zero-order chi connectivity index (χ0) is 18.7. The van der Waals surface area contributed by atoms with Crippen LogP contribution in [-0.4, -0.2) is 21.8 Å². The number of thiazole rings is 1. The van der Waals surface area contributed by atoms with Gasteiger partial charge < -0.3 is 9.72 Å². The van der Waals surface area contributed by atoms with Crippen molar-refractivity contribution in [2.75, 3.05) is 4.90 Å². The molecular weight excluding hydrogens is 350 g/mol. The number of carbonyl (C=O) groups is 2. The number of nitrogens with one attached hydrogen (secondary N) is 1. The van der Waals surface area contributed by atoms with Crippen LogP contribution >= 0.6 is 11.3 Å². The fourth-order valence-corrected chi connectivity index (χ4v) is 3.47. The highest BCUT2D eigenvalue weighted by molar-refractivity contribution is 7.14. The van der Waals surface area contributed by atoms with Gasteiger partial charge in [-0.3, -0.25) is 9.69 Å². The standard InChI is InChI=1S/C19H19N3O3S/c1-12-6-7-17(13(2)9-12)22(14(3)23)19-21-15(11-26-19)10-25-18(24)16-5-4-8-20-16/h4-9,11,20H,10H2,1-3H3. The van der Waals surface area contributed by atoms with E-state index < -0.39 is 5.97 Å². The summed E-state index contributed by atoms with van der Waals surface area (Å²) in [4.78, 5) is 32.9. The maximum Gasteiger partial charge on any atom is 0.355 e. The van der Waals surface area contributed by atoms with E-state index in [0.717, 1.165) is 16.8 Å². The van der Waals surface area contributed by atoms with Crippen LogP contribution < -0.4 is 4.90 Å². The summed E-state index contributed by atoms with van der Waals surface area (Å²) in [7, 11) is 0. The molecule has 0 aliphatic carbocycles. The summed E-state index contributed by atoms with van der Waals surface area (Å²) in [5, 5.41) is 2.34. The first kappa shape index (κ1) is 17.9. The fraction of sp³-hybridized carbons (Fsp3) is 0.211. The van der Waals surface area contributed by atoms with Crippen molar-refractivity contribution in [3.8, 4) is 0 Å². The Morgan fingerprint density at radius 3 is 2.73 bits per heavy atom. The summed E-state index contributed by atoms with van der Waals surface area (Å²) in [5.74, 6) is -0.566. The molecule has 1 amide bonds. The molecule has 0 bridgehead atoms. The van der Waals surface area contributed by atoms with Gasteiger partial charge in [0, 0.05) is 18.5 Å². The summed E-state index contributed by atoms with van der Waals surface area (Å²) in [6, 6.07) is 9.28. The van der Waals surface area contributed by atoms with Crippen LogP contribution in [0.1, 0.15) is 34.2 Å². The quantitative estimate of drug-likeness (QED) is 0.686. The van der Waals surface area contributed by atoms with E-state index in [0.29, 0.717) is 16.5 Å². The van der Waals surface area contributed by atoms with E-state index in [-0.39, 0.29) is 12.5 Å². The minimum atomic E-state index is -0.442. The van der Waals surface area contributed by atoms with Crippen molar-refractivity contribution in [3.63, 3.8) is 0 Å². The van der Waals surface area contributed by atoms with Gasteiger partial charge in [-0.25, -0.2) is 9.78 Å². The van der Waals surface area contributed by atoms with Crippen molar-refractivity contribution in [1.82, 2.24) is 9.97 Å². The number of hydrogen-bond acceptors (Lipinski definition) is 5. The van der Waals surface area contributed by atoms with Crippen LogP contribution in [0.2, 0.25) is 0 Å². The van der Waals surface area contributed by atoms with Crippen LogP contribution in [0.4, 0.5) is 10.8 Å². The van der Waals surface area contributed by atoms with Gasteiger partial charge in [0.1, 0.15) is 12.3 Å². The van der Waals surface area contributed by atoms with E-state index in [4.69, 9.17) is 4.74 Å². The van der Waals surface area contributed by atoms with E-state index in [9.17, 15) is 9.59 Å². The number of aryl methyl sites for hydroxylation is 2. The highest BCUT2D eigenvalue weighted by Crippen LogP contribution is 2.31. The van der Waals surface area contributed by atoms with Gasteiger partial charge in [-0.05, 0) is 37.6 Å². The zero-order valence-electron chi connectivity index (χ0n) is 14.8. The summed E-state index contributed by atoms with van der Waals surface area (Å²) in [6.07, 6.45) is 1.66. The van der Waals surface area contributed by atoms with Crippen LogP contribution in [0.25, 0.3) is 0 Å². The molecule has 0 aliphatic heterocycles. The molecule has 2 heterocycles. The van der Waals surface area contributed by atoms with Gasteiger partial charge in [-0.2, -0.15) is 0 Å². The Morgan fingerprint density at radius 1 is 1.27 bits per heavy atom. The van der Waals surface area contributed by atoms with Gasteiger partial charge in [0.05, 0.1) is 11.4 Å². The predicted octanol–water partition coefficient (Wildman–Crippen LogP) is 4.13. The molecule has 0 atom stereocenters. The zero-order valence-corrected chi connectivity index (χ0v) is 15.6. The van der Waals surface area contributed by atoms with Gasteiger partial charge in [-0.15, -0.1) is 11.3 Å². The van der Waals surface area contributed by atoms with Crippen molar-refractivity contribution in [2.45, 2.75) is 27.4 Å². The van der Waals surface area contributed by atoms with Gasteiger partial charge in [0.15, 0.2) is 5.13 Å². The molecule has 7 heteroatoms. The first-order valence-electron chi connectivity index (χ1n) is 8.08. The molecule has 0 spiro atoms. The van der Waals surface area contributed by atoms with Crippen LogP contribution in [0, 0.1) is 13.8 Å². The molecule has 0 saturated heterocycles. The molecule has 0 unspecified atom stereocenters. The summed E-state index contributed by atoms with van der Waals surface area (Å²) >= 11 is 1.34. The summed E-state index contributed by atoms with van der Waals surface area (Å²) in [6.45, 7) is 5.53. The first-order valence-corrected chi connectivity index (χ1v) is 8.96. The van der Waals surface area contributed by atoms with Gasteiger partial charge >= 0.3 is 5.97 Å². The molecule has 0 aliphatic rings. The van der Waals surface area contributed by atoms with Gasteiger partial charge in [-0.1, -0.05) is 17.7 Å². The van der Waals surface area contributed by atoms with E-state index in [1.807, 2.05) is 32.0 Å². The largest absolute Gasteiger partial charge is 0.454 e. The average molecular weight is 369 g/mol. The Kier molecular flexibility index (Phi) is 5.18. The number of hydrogen-bond donors (Lipinski definition) is 1. The van der Waals surface area contributed by atoms with Crippen molar-refractivity contribution in [1.29, 1.82) is 0 Å². The van der Waals surface area contributed by atoms with E-state index in [1.54, 1.807) is 28.6 Å². The Bertz CT molecular complexity index is 931. The lowest BCUT2D eigenvalue weighted by Gasteiger charge is -2.20. The maximum atomic E-state index is 12.2. The number of anilines is 2. The number of ether oxygens (including phenoxy) is 1. The van der Waals surface area contributed by atoms with E-state index in [2.05, 4.69) is 9.97 Å². The number of nitrogens with zero attached hydrogens (tertiary/aromatic N) is 2. The normalized spacial score (nSPS) is 10.6. The number of amides is 1. The average Bonchev–Trinajstić information content (AvgIpc) is 3.26. The number of rotatable bonds is 5. The molecule has 1 N–H and O–H groups in total. The third-order valence-corrected chi connectivity index (χ3v) is 4.68. The molecule has 26 heavy (non-hydrogen) atoms. The second kappa shape index (κ2) is 7.53. The fourth-order valence-electron chi connectivity index (χ4n) is 2.60. The SMILES string of the molecule is CC(=O)N(c1nc(COC(=O)c2ccc[nH]2)cs1)c1ccc(C)cc1C. The van der Waals surface area contributed by atoms with Crippen molar-refractivity contribution < 1.29 is 14.3 Å². The Labute approximate surface area is 155 Å². The minimum absolute atomic E-state index is 0.0486. The number of H-pyrrole nitrogens is 1. The lowest BCUT2D eigenvalue weighted by Crippen LogP contribution is -2.23. The number of esters is 1. The first-order chi connectivity index (χ1) is 12.5. The summed E-state index contributed by atoms with van der Waals surface area (Å²) in [5.41, 5.74) is 3.91. The van der Waals surface area contributed by atoms with Crippen molar-refractivity contribution in [2.24, 2.45) is 0 Å². The van der Waals surface area contributed by atoms with Crippen LogP contribution in [-0.2, 0) is 16.1 Å². The predicted molar refractivity (Wildman–Crippen MR) is 101 cm³/mol. The number of aromatic nitrogens is 2. The van der Waals surface area contributed by atoms with Gasteiger partial charge in [0.2, 0.25) is 5.91 Å². The topological polar surface area (TPSA) is 75.3 Å². The number of benzene rings is 1. The third-order valence-electron chi connectivity index (χ3n) is 3.81. The lowest BCUT2D eigenvalue weighted by molar-refractivity contribution is -0.115. The second-order valence-corrected chi connectivity index (χ2v) is 6.76. The molecule has 6 nitrogen and oxygen atoms in total. The monoisotopic (exact) mass is 369 g/mol. The molecule has 1 aromatic carbocycles. The number of carbonyl (C=O) groups excluding carboxylic acids is 2. The van der Waals surface area contributed by atoms with Crippen molar-refractivity contribution >= 4 is 34.0 Å². The molecule has 134 valence electrons. The Balaban J connectivity index is 1.77. The lowest BCUT2D eigenvalue weighted by atomic mass is 10.1.